The molecule has 0 bridgehead atoms. The molecular formula is C22H18F3N3O3. The first kappa shape index (κ1) is 21.9. The van der Waals surface area contributed by atoms with E-state index in [1.54, 1.807) is 24.3 Å². The quantitative estimate of drug-likeness (QED) is 0.457. The van der Waals surface area contributed by atoms with Gasteiger partial charge in [-0.05, 0) is 30.3 Å². The molecule has 1 heterocycles. The van der Waals surface area contributed by atoms with Crippen molar-refractivity contribution in [3.8, 4) is 29.0 Å². The molecule has 1 amide bonds. The summed E-state index contributed by atoms with van der Waals surface area (Å²) in [6.07, 6.45) is -3.83. The fourth-order valence-corrected chi connectivity index (χ4v) is 2.55. The lowest BCUT2D eigenvalue weighted by Crippen LogP contribution is -2.12. The number of hydrogen-bond acceptors (Lipinski definition) is 4. The first-order chi connectivity index (χ1) is 14.9. The van der Waals surface area contributed by atoms with Gasteiger partial charge in [-0.25, -0.2) is 4.98 Å². The average Bonchev–Trinajstić information content (AvgIpc) is 3.25. The summed E-state index contributed by atoms with van der Waals surface area (Å²) in [4.78, 5) is 18.3. The van der Waals surface area contributed by atoms with Gasteiger partial charge in [0, 0.05) is 24.2 Å². The summed E-state index contributed by atoms with van der Waals surface area (Å²) in [5.41, 5.74) is 0.271. The van der Waals surface area contributed by atoms with Crippen LogP contribution in [0.5, 0.6) is 5.75 Å². The first-order valence-electron chi connectivity index (χ1n) is 9.13. The molecule has 0 unspecified atom stereocenters. The second-order valence-electron chi connectivity index (χ2n) is 6.27. The molecular weight excluding hydrogens is 411 g/mol. The van der Waals surface area contributed by atoms with Crippen LogP contribution in [0.4, 0.5) is 18.9 Å². The highest BCUT2D eigenvalue weighted by Crippen LogP contribution is 2.32. The lowest BCUT2D eigenvalue weighted by molar-refractivity contribution is -0.140. The number of methoxy groups -OCH3 is 1. The van der Waals surface area contributed by atoms with Crippen LogP contribution in [0, 0.1) is 11.8 Å². The summed E-state index contributed by atoms with van der Waals surface area (Å²) in [5.74, 6) is 4.92. The lowest BCUT2D eigenvalue weighted by atomic mass is 10.1. The van der Waals surface area contributed by atoms with Crippen LogP contribution >= 0.6 is 0 Å². The number of imidazole rings is 1. The second-order valence-corrected chi connectivity index (χ2v) is 6.27. The summed E-state index contributed by atoms with van der Waals surface area (Å²) in [5, 5.41) is 2.61. The van der Waals surface area contributed by atoms with Crippen LogP contribution < -0.4 is 10.1 Å². The Hall–Kier alpha value is -3.77. The Kier molecular flexibility index (Phi) is 6.95. The van der Waals surface area contributed by atoms with Crippen molar-refractivity contribution in [2.75, 3.05) is 25.6 Å². The van der Waals surface area contributed by atoms with E-state index in [1.165, 1.54) is 25.3 Å². The van der Waals surface area contributed by atoms with E-state index in [9.17, 15) is 18.0 Å². The van der Waals surface area contributed by atoms with Gasteiger partial charge in [0.1, 0.15) is 23.9 Å². The molecule has 0 atom stereocenters. The molecule has 2 aromatic carbocycles. The van der Waals surface area contributed by atoms with E-state index in [1.807, 2.05) is 6.07 Å². The Labute approximate surface area is 176 Å². The highest BCUT2D eigenvalue weighted by atomic mass is 19.4. The highest BCUT2D eigenvalue weighted by Gasteiger charge is 2.33. The first-order valence-corrected chi connectivity index (χ1v) is 9.13. The Morgan fingerprint density at radius 2 is 1.94 bits per heavy atom. The van der Waals surface area contributed by atoms with Gasteiger partial charge >= 0.3 is 12.1 Å². The topological polar surface area (TPSA) is 76.2 Å². The number of rotatable bonds is 6. The van der Waals surface area contributed by atoms with Crippen LogP contribution in [0.3, 0.4) is 0 Å². The molecule has 0 radical (unpaired) electrons. The average molecular weight is 429 g/mol. The summed E-state index contributed by atoms with van der Waals surface area (Å²) in [7, 11) is 1.52. The Bertz CT molecular complexity index is 1100. The minimum Gasteiger partial charge on any atom is -0.489 e. The molecule has 0 spiro atoms. The number of hydrogen-bond donors (Lipinski definition) is 2. The van der Waals surface area contributed by atoms with Crippen molar-refractivity contribution in [3.63, 3.8) is 0 Å². The maximum absolute atomic E-state index is 12.9. The van der Waals surface area contributed by atoms with E-state index in [-0.39, 0.29) is 18.1 Å². The molecule has 0 fully saturated rings. The van der Waals surface area contributed by atoms with Crippen molar-refractivity contribution < 1.29 is 27.4 Å². The van der Waals surface area contributed by atoms with E-state index in [2.05, 4.69) is 27.1 Å². The lowest BCUT2D eigenvalue weighted by Gasteiger charge is -2.12. The number of anilines is 1. The number of amides is 1. The summed E-state index contributed by atoms with van der Waals surface area (Å²) < 4.78 is 49.1. The summed E-state index contributed by atoms with van der Waals surface area (Å²) in [6.45, 7) is 0.531. The number of nitrogens with one attached hydrogen (secondary N) is 2. The third kappa shape index (κ3) is 6.10. The molecule has 0 aliphatic rings. The number of alkyl halides is 3. The van der Waals surface area contributed by atoms with Gasteiger partial charge in [0.2, 0.25) is 0 Å². The fourth-order valence-electron chi connectivity index (χ4n) is 2.55. The van der Waals surface area contributed by atoms with Gasteiger partial charge in [0.25, 0.3) is 0 Å². The largest absolute Gasteiger partial charge is 0.489 e. The van der Waals surface area contributed by atoms with Crippen molar-refractivity contribution in [1.29, 1.82) is 0 Å². The minimum atomic E-state index is -4.54. The number of nitrogens with zero attached hydrogens (tertiary/aromatic N) is 1. The van der Waals surface area contributed by atoms with Crippen molar-refractivity contribution in [1.82, 2.24) is 9.97 Å². The van der Waals surface area contributed by atoms with E-state index in [4.69, 9.17) is 9.47 Å². The standard InChI is InChI=1S/C22H18F3N3O3/c1-30-11-12-31-18-9-8-16(21-26-14-19(28-21)22(23,24)25)13-17(18)27-20(29)10-7-15-5-3-2-4-6-15/h2-6,8-9,13-14H,11-12H2,1H3,(H,26,28)(H,27,29). The predicted molar refractivity (Wildman–Crippen MR) is 108 cm³/mol. The number of aromatic nitrogens is 2. The third-order valence-corrected chi connectivity index (χ3v) is 4.02. The number of benzene rings is 2. The normalized spacial score (nSPS) is 10.8. The molecule has 31 heavy (non-hydrogen) atoms. The molecule has 9 heteroatoms. The predicted octanol–water partition coefficient (Wildman–Crippen LogP) is 4.11. The maximum atomic E-state index is 12.9. The number of ether oxygens (including phenoxy) is 2. The van der Waals surface area contributed by atoms with Gasteiger partial charge in [-0.15, -0.1) is 0 Å². The zero-order valence-corrected chi connectivity index (χ0v) is 16.4. The molecule has 0 aliphatic heterocycles. The number of aromatic amines is 1. The van der Waals surface area contributed by atoms with Crippen LogP contribution in [0.15, 0.2) is 54.7 Å². The van der Waals surface area contributed by atoms with Crippen molar-refractivity contribution >= 4 is 11.6 Å². The molecule has 3 rings (SSSR count). The van der Waals surface area contributed by atoms with Gasteiger partial charge in [0.05, 0.1) is 18.5 Å². The minimum absolute atomic E-state index is 0.00151. The molecule has 6 nitrogen and oxygen atoms in total. The molecule has 0 aliphatic carbocycles. The van der Waals surface area contributed by atoms with Crippen molar-refractivity contribution in [3.05, 3.63) is 66.0 Å². The maximum Gasteiger partial charge on any atom is 0.432 e. The Morgan fingerprint density at radius 3 is 2.61 bits per heavy atom. The summed E-state index contributed by atoms with van der Waals surface area (Å²) >= 11 is 0. The van der Waals surface area contributed by atoms with Crippen LogP contribution in [0.25, 0.3) is 11.4 Å². The van der Waals surface area contributed by atoms with Crippen LogP contribution in [0.1, 0.15) is 11.3 Å². The second kappa shape index (κ2) is 9.82. The number of H-pyrrole nitrogens is 1. The Balaban J connectivity index is 1.86. The van der Waals surface area contributed by atoms with Gasteiger partial charge in [-0.1, -0.05) is 24.1 Å². The molecule has 160 valence electrons. The molecule has 0 saturated heterocycles. The van der Waals surface area contributed by atoms with Gasteiger partial charge < -0.3 is 19.8 Å². The SMILES string of the molecule is COCCOc1ccc(-c2ncc(C(F)(F)F)[nH]2)cc1NC(=O)C#Cc1ccccc1. The van der Waals surface area contributed by atoms with E-state index in [0.717, 1.165) is 0 Å². The van der Waals surface area contributed by atoms with E-state index >= 15 is 0 Å². The third-order valence-electron chi connectivity index (χ3n) is 4.02. The molecule has 1 aromatic heterocycles. The molecule has 3 aromatic rings. The van der Waals surface area contributed by atoms with Crippen molar-refractivity contribution in [2.24, 2.45) is 0 Å². The van der Waals surface area contributed by atoms with E-state index in [0.29, 0.717) is 29.7 Å². The number of halogens is 3. The van der Waals surface area contributed by atoms with E-state index < -0.39 is 17.8 Å². The Morgan fingerprint density at radius 1 is 1.16 bits per heavy atom. The van der Waals surface area contributed by atoms with Crippen LogP contribution in [-0.4, -0.2) is 36.2 Å². The fraction of sp³-hybridized carbons (Fsp3) is 0.182. The molecule has 0 saturated carbocycles. The highest BCUT2D eigenvalue weighted by molar-refractivity contribution is 6.05. The number of carbonyl (C=O) groups is 1. The van der Waals surface area contributed by atoms with Crippen LogP contribution in [-0.2, 0) is 15.7 Å². The van der Waals surface area contributed by atoms with Crippen molar-refractivity contribution in [2.45, 2.75) is 6.18 Å². The van der Waals surface area contributed by atoms with Crippen LogP contribution in [0.2, 0.25) is 0 Å². The monoisotopic (exact) mass is 429 g/mol. The number of carbonyl (C=O) groups excluding carboxylic acids is 1. The molecule has 2 N–H and O–H groups in total. The summed E-state index contributed by atoms with van der Waals surface area (Å²) in [6, 6.07) is 13.5. The zero-order valence-electron chi connectivity index (χ0n) is 16.4. The zero-order chi connectivity index (χ0) is 22.3. The van der Waals surface area contributed by atoms with Gasteiger partial charge in [0.15, 0.2) is 0 Å². The van der Waals surface area contributed by atoms with Gasteiger partial charge in [-0.3, -0.25) is 4.79 Å². The smallest absolute Gasteiger partial charge is 0.432 e. The van der Waals surface area contributed by atoms with Gasteiger partial charge in [-0.2, -0.15) is 13.2 Å².